The Kier molecular flexibility index (Phi) is 2.17. The Morgan fingerprint density at radius 3 is 2.42 bits per heavy atom. The summed E-state index contributed by atoms with van der Waals surface area (Å²) in [4.78, 5) is 19.1. The molecule has 0 radical (unpaired) electrons. The summed E-state index contributed by atoms with van der Waals surface area (Å²) in [7, 11) is 0. The topological polar surface area (TPSA) is 66.0 Å². The fourth-order valence-electron chi connectivity index (χ4n) is 3.24. The van der Waals surface area contributed by atoms with Gasteiger partial charge in [-0.2, -0.15) is 0 Å². The maximum Gasteiger partial charge on any atom is 0.337 e. The number of benzene rings is 1. The van der Waals surface area contributed by atoms with Crippen LogP contribution in [0.15, 0.2) is 18.2 Å². The fraction of sp³-hybridized carbons (Fsp3) is 0.467. The van der Waals surface area contributed by atoms with Gasteiger partial charge in [-0.15, -0.1) is 0 Å². The molecule has 0 saturated heterocycles. The van der Waals surface area contributed by atoms with Gasteiger partial charge in [0, 0.05) is 5.92 Å². The number of fused-ring (bicyclic) bond motifs is 1. The number of carbonyl (C=O) groups is 1. The standard InChI is InChI=1S/C15H18N2O2/c1-14(2)11(15(14,3)4)12-16-9-7-5-6-8(13(18)19)10(9)17-12/h5-7,11H,1-4H3,(H,16,17)(H,18,19). The van der Waals surface area contributed by atoms with E-state index in [1.54, 1.807) is 12.1 Å². The van der Waals surface area contributed by atoms with Gasteiger partial charge >= 0.3 is 5.97 Å². The Balaban J connectivity index is 2.14. The smallest absolute Gasteiger partial charge is 0.337 e. The third kappa shape index (κ3) is 1.46. The van der Waals surface area contributed by atoms with Crippen LogP contribution in [0.25, 0.3) is 11.0 Å². The summed E-state index contributed by atoms with van der Waals surface area (Å²) in [6, 6.07) is 5.22. The highest BCUT2D eigenvalue weighted by molar-refractivity contribution is 6.00. The molecule has 4 nitrogen and oxygen atoms in total. The minimum Gasteiger partial charge on any atom is -0.478 e. The number of hydrogen-bond acceptors (Lipinski definition) is 2. The van der Waals surface area contributed by atoms with Gasteiger partial charge in [-0.3, -0.25) is 0 Å². The van der Waals surface area contributed by atoms with Crippen molar-refractivity contribution in [1.82, 2.24) is 9.97 Å². The van der Waals surface area contributed by atoms with E-state index in [-0.39, 0.29) is 16.4 Å². The first-order valence-corrected chi connectivity index (χ1v) is 6.48. The van der Waals surface area contributed by atoms with Crippen molar-refractivity contribution >= 4 is 17.0 Å². The Labute approximate surface area is 111 Å². The number of H-pyrrole nitrogens is 1. The van der Waals surface area contributed by atoms with E-state index < -0.39 is 5.97 Å². The van der Waals surface area contributed by atoms with Crippen LogP contribution < -0.4 is 0 Å². The van der Waals surface area contributed by atoms with Gasteiger partial charge in [-0.05, 0) is 23.0 Å². The molecule has 3 rings (SSSR count). The zero-order valence-corrected chi connectivity index (χ0v) is 11.6. The second kappa shape index (κ2) is 3.38. The van der Waals surface area contributed by atoms with Gasteiger partial charge in [0.05, 0.1) is 11.1 Å². The fourth-order valence-corrected chi connectivity index (χ4v) is 3.24. The predicted octanol–water partition coefficient (Wildman–Crippen LogP) is 3.41. The van der Waals surface area contributed by atoms with Crippen molar-refractivity contribution in [3.8, 4) is 0 Å². The molecule has 1 fully saturated rings. The molecule has 0 aliphatic heterocycles. The first-order valence-electron chi connectivity index (χ1n) is 6.48. The minimum atomic E-state index is -0.932. The zero-order valence-electron chi connectivity index (χ0n) is 11.6. The van der Waals surface area contributed by atoms with Gasteiger partial charge in [0.15, 0.2) is 0 Å². The van der Waals surface area contributed by atoms with Crippen molar-refractivity contribution in [3.63, 3.8) is 0 Å². The number of carboxylic acids is 1. The number of aromatic amines is 1. The van der Waals surface area contributed by atoms with E-state index in [9.17, 15) is 9.90 Å². The van der Waals surface area contributed by atoms with E-state index in [0.29, 0.717) is 11.4 Å². The molecule has 19 heavy (non-hydrogen) atoms. The first kappa shape index (κ1) is 12.2. The molecule has 100 valence electrons. The van der Waals surface area contributed by atoms with E-state index in [1.165, 1.54) is 0 Å². The predicted molar refractivity (Wildman–Crippen MR) is 73.4 cm³/mol. The van der Waals surface area contributed by atoms with Crippen LogP contribution in [0.4, 0.5) is 0 Å². The maximum absolute atomic E-state index is 11.2. The second-order valence-electron chi connectivity index (χ2n) is 6.51. The van der Waals surface area contributed by atoms with Crippen LogP contribution in [0.5, 0.6) is 0 Å². The summed E-state index contributed by atoms with van der Waals surface area (Å²) in [5.41, 5.74) is 1.99. The Morgan fingerprint density at radius 1 is 1.26 bits per heavy atom. The first-order chi connectivity index (χ1) is 8.76. The van der Waals surface area contributed by atoms with Gasteiger partial charge in [0.2, 0.25) is 0 Å². The zero-order chi connectivity index (χ0) is 14.0. The number of nitrogens with one attached hydrogen (secondary N) is 1. The highest BCUT2D eigenvalue weighted by Crippen LogP contribution is 2.73. The third-order valence-electron chi connectivity index (χ3n) is 5.06. The Morgan fingerprint density at radius 2 is 1.89 bits per heavy atom. The van der Waals surface area contributed by atoms with Gasteiger partial charge < -0.3 is 10.1 Å². The molecule has 1 saturated carbocycles. The van der Waals surface area contributed by atoms with E-state index >= 15 is 0 Å². The number of hydrogen-bond donors (Lipinski definition) is 2. The molecule has 4 heteroatoms. The molecule has 2 N–H and O–H groups in total. The lowest BCUT2D eigenvalue weighted by Crippen LogP contribution is -1.97. The number of rotatable bonds is 2. The number of imidazole rings is 1. The van der Waals surface area contributed by atoms with Crippen molar-refractivity contribution in [2.24, 2.45) is 10.8 Å². The van der Waals surface area contributed by atoms with Crippen LogP contribution in [-0.4, -0.2) is 21.0 Å². The minimum absolute atomic E-state index is 0.185. The van der Waals surface area contributed by atoms with Gasteiger partial charge in [0.25, 0.3) is 0 Å². The van der Waals surface area contributed by atoms with Crippen LogP contribution in [-0.2, 0) is 0 Å². The lowest BCUT2D eigenvalue weighted by atomic mass is 10.0. The quantitative estimate of drug-likeness (QED) is 0.867. The average molecular weight is 258 g/mol. The lowest BCUT2D eigenvalue weighted by Gasteiger charge is -2.03. The SMILES string of the molecule is CC1(C)C(c2nc3c(C(=O)O)cccc3[nH]2)C1(C)C. The molecule has 1 aliphatic carbocycles. The van der Waals surface area contributed by atoms with Gasteiger partial charge in [0.1, 0.15) is 11.3 Å². The number of para-hydroxylation sites is 1. The molecule has 0 unspecified atom stereocenters. The molecular formula is C15H18N2O2. The van der Waals surface area contributed by atoms with Crippen LogP contribution >= 0.6 is 0 Å². The summed E-state index contributed by atoms with van der Waals surface area (Å²) in [5, 5.41) is 9.20. The van der Waals surface area contributed by atoms with Crippen LogP contribution in [0.2, 0.25) is 0 Å². The molecule has 0 bridgehead atoms. The third-order valence-corrected chi connectivity index (χ3v) is 5.06. The molecule has 0 atom stereocenters. The summed E-state index contributed by atoms with van der Waals surface area (Å²) in [5.74, 6) is 0.311. The molecule has 1 heterocycles. The number of aromatic nitrogens is 2. The monoisotopic (exact) mass is 258 g/mol. The summed E-state index contributed by atoms with van der Waals surface area (Å²) in [6.07, 6.45) is 0. The van der Waals surface area contributed by atoms with Crippen LogP contribution in [0, 0.1) is 10.8 Å². The molecule has 2 aromatic rings. The molecular weight excluding hydrogens is 240 g/mol. The van der Waals surface area contributed by atoms with E-state index in [1.807, 2.05) is 6.07 Å². The molecule has 1 aromatic carbocycles. The van der Waals surface area contributed by atoms with Crippen molar-refractivity contribution in [1.29, 1.82) is 0 Å². The highest BCUT2D eigenvalue weighted by Gasteiger charge is 2.66. The Hall–Kier alpha value is -1.84. The molecule has 1 aromatic heterocycles. The molecule has 0 amide bonds. The normalized spacial score (nSPS) is 20.6. The van der Waals surface area contributed by atoms with Crippen LogP contribution in [0.1, 0.15) is 49.8 Å². The summed E-state index contributed by atoms with van der Waals surface area (Å²) in [6.45, 7) is 8.90. The number of aromatic carboxylic acids is 1. The van der Waals surface area contributed by atoms with Crippen molar-refractivity contribution in [2.75, 3.05) is 0 Å². The Bertz CT molecular complexity index is 669. The van der Waals surface area contributed by atoms with Crippen molar-refractivity contribution in [2.45, 2.75) is 33.6 Å². The molecule has 1 aliphatic rings. The number of carboxylic acid groups (broad SMARTS) is 1. The summed E-state index contributed by atoms with van der Waals surface area (Å²) >= 11 is 0. The average Bonchev–Trinajstić information content (AvgIpc) is 2.63. The number of nitrogens with zero attached hydrogens (tertiary/aromatic N) is 1. The van der Waals surface area contributed by atoms with Gasteiger partial charge in [-0.1, -0.05) is 33.8 Å². The molecule has 0 spiro atoms. The lowest BCUT2D eigenvalue weighted by molar-refractivity contribution is 0.0699. The second-order valence-corrected chi connectivity index (χ2v) is 6.51. The maximum atomic E-state index is 11.2. The summed E-state index contributed by atoms with van der Waals surface area (Å²) < 4.78 is 0. The van der Waals surface area contributed by atoms with Crippen molar-refractivity contribution in [3.05, 3.63) is 29.6 Å². The van der Waals surface area contributed by atoms with E-state index in [4.69, 9.17) is 0 Å². The van der Waals surface area contributed by atoms with Gasteiger partial charge in [-0.25, -0.2) is 9.78 Å². The van der Waals surface area contributed by atoms with E-state index in [0.717, 1.165) is 11.3 Å². The van der Waals surface area contributed by atoms with E-state index in [2.05, 4.69) is 37.7 Å². The van der Waals surface area contributed by atoms with Crippen LogP contribution in [0.3, 0.4) is 0 Å². The highest BCUT2D eigenvalue weighted by atomic mass is 16.4. The van der Waals surface area contributed by atoms with Crippen molar-refractivity contribution < 1.29 is 9.90 Å². The largest absolute Gasteiger partial charge is 0.478 e.